The molecule has 0 amide bonds. The summed E-state index contributed by atoms with van der Waals surface area (Å²) in [6, 6.07) is 14.4. The van der Waals surface area contributed by atoms with Crippen molar-refractivity contribution in [3.63, 3.8) is 0 Å². The highest BCUT2D eigenvalue weighted by Gasteiger charge is 2.65. The summed E-state index contributed by atoms with van der Waals surface area (Å²) < 4.78 is 21.0. The van der Waals surface area contributed by atoms with Crippen LogP contribution in [0.15, 0.2) is 59.5 Å². The molecule has 8 nitrogen and oxygen atoms in total. The van der Waals surface area contributed by atoms with Crippen LogP contribution in [-0.2, 0) is 28.6 Å². The number of carbonyl (C=O) groups is 3. The fourth-order valence-corrected chi connectivity index (χ4v) is 5.60. The third kappa shape index (κ3) is 3.77. The molecule has 0 saturated carbocycles. The highest BCUT2D eigenvalue weighted by atomic mass is 32.2. The standard InChI is InChI=1S/C23H23NO7S/c1-28-14-11-9-13(10-12-14)24-18(21(26)29-2)16-17(19(24)22(27)30-3)23(31-20(16)25)32-15-7-5-4-6-8-15/h4-12,16-19,23H,1-3H3/t16-,17+,18+,19+,23-/m1/s1. The summed E-state index contributed by atoms with van der Waals surface area (Å²) in [5, 5.41) is 0. The van der Waals surface area contributed by atoms with Crippen LogP contribution in [0.5, 0.6) is 5.75 Å². The molecule has 2 aliphatic rings. The molecular formula is C23H23NO7S. The number of carbonyl (C=O) groups excluding carboxylic acids is 3. The van der Waals surface area contributed by atoms with Crippen LogP contribution in [0.25, 0.3) is 0 Å². The molecule has 0 unspecified atom stereocenters. The second-order valence-electron chi connectivity index (χ2n) is 7.38. The molecule has 2 aromatic rings. The Balaban J connectivity index is 1.80. The lowest BCUT2D eigenvalue weighted by Crippen LogP contribution is -2.49. The van der Waals surface area contributed by atoms with E-state index in [1.165, 1.54) is 26.0 Å². The number of cyclic esters (lactones) is 1. The number of methoxy groups -OCH3 is 3. The van der Waals surface area contributed by atoms with Gasteiger partial charge in [-0.2, -0.15) is 0 Å². The summed E-state index contributed by atoms with van der Waals surface area (Å²) in [6.07, 6.45) is 0. The average Bonchev–Trinajstić information content (AvgIpc) is 3.34. The SMILES string of the molecule is COC(=O)[C@@H]1[C@@H]2C(=O)O[C@H](Sc3ccccc3)[C@@H]2[C@@H](C(=O)OC)N1c1ccc(OC)cc1. The molecule has 0 bridgehead atoms. The first-order chi connectivity index (χ1) is 15.5. The van der Waals surface area contributed by atoms with E-state index in [4.69, 9.17) is 18.9 Å². The minimum Gasteiger partial charge on any atom is -0.497 e. The first kappa shape index (κ1) is 22.0. The van der Waals surface area contributed by atoms with Crippen molar-refractivity contribution in [3.8, 4) is 5.75 Å². The van der Waals surface area contributed by atoms with Crippen molar-refractivity contribution in [1.82, 2.24) is 0 Å². The second-order valence-corrected chi connectivity index (χ2v) is 8.55. The van der Waals surface area contributed by atoms with Gasteiger partial charge in [0, 0.05) is 10.6 Å². The summed E-state index contributed by atoms with van der Waals surface area (Å²) in [6.45, 7) is 0. The van der Waals surface area contributed by atoms with Crippen LogP contribution in [0.2, 0.25) is 0 Å². The highest BCUT2D eigenvalue weighted by molar-refractivity contribution is 7.99. The molecular weight excluding hydrogens is 434 g/mol. The van der Waals surface area contributed by atoms with Crippen LogP contribution in [-0.4, -0.2) is 56.8 Å². The van der Waals surface area contributed by atoms with Crippen molar-refractivity contribution in [2.45, 2.75) is 22.4 Å². The normalized spacial score (nSPS) is 26.3. The van der Waals surface area contributed by atoms with Gasteiger partial charge in [0.05, 0.1) is 33.2 Å². The van der Waals surface area contributed by atoms with E-state index in [9.17, 15) is 14.4 Å². The van der Waals surface area contributed by atoms with Crippen LogP contribution >= 0.6 is 11.8 Å². The molecule has 2 aliphatic heterocycles. The molecule has 168 valence electrons. The molecule has 32 heavy (non-hydrogen) atoms. The van der Waals surface area contributed by atoms with Crippen LogP contribution in [0, 0.1) is 11.8 Å². The van der Waals surface area contributed by atoms with Crippen molar-refractivity contribution in [2.24, 2.45) is 11.8 Å². The highest BCUT2D eigenvalue weighted by Crippen LogP contribution is 2.50. The molecule has 2 heterocycles. The van der Waals surface area contributed by atoms with Gasteiger partial charge in [0.25, 0.3) is 0 Å². The van der Waals surface area contributed by atoms with Crippen LogP contribution in [0.3, 0.4) is 0 Å². The third-order valence-corrected chi connectivity index (χ3v) is 6.98. The molecule has 4 rings (SSSR count). The zero-order valence-corrected chi connectivity index (χ0v) is 18.6. The predicted octanol–water partition coefficient (Wildman–Crippen LogP) is 2.51. The van der Waals surface area contributed by atoms with Gasteiger partial charge in [-0.15, -0.1) is 0 Å². The van der Waals surface area contributed by atoms with Crippen molar-refractivity contribution >= 4 is 35.4 Å². The monoisotopic (exact) mass is 457 g/mol. The maximum absolute atomic E-state index is 13.0. The average molecular weight is 458 g/mol. The molecule has 0 spiro atoms. The number of anilines is 1. The topological polar surface area (TPSA) is 91.4 Å². The Morgan fingerprint density at radius 1 is 0.906 bits per heavy atom. The summed E-state index contributed by atoms with van der Waals surface area (Å²) in [7, 11) is 4.09. The first-order valence-corrected chi connectivity index (χ1v) is 10.9. The van der Waals surface area contributed by atoms with Gasteiger partial charge in [-0.05, 0) is 36.4 Å². The lowest BCUT2D eigenvalue weighted by molar-refractivity contribution is -0.150. The quantitative estimate of drug-likeness (QED) is 0.479. The van der Waals surface area contributed by atoms with Gasteiger partial charge < -0.3 is 23.8 Å². The Bertz CT molecular complexity index is 997. The number of thioether (sulfide) groups is 1. The summed E-state index contributed by atoms with van der Waals surface area (Å²) in [5.41, 5.74) is -0.100. The second kappa shape index (κ2) is 9.12. The third-order valence-electron chi connectivity index (χ3n) is 5.79. The van der Waals surface area contributed by atoms with Crippen LogP contribution < -0.4 is 9.64 Å². The number of nitrogens with zero attached hydrogens (tertiary/aromatic N) is 1. The smallest absolute Gasteiger partial charge is 0.329 e. The van der Waals surface area contributed by atoms with Crippen molar-refractivity contribution in [3.05, 3.63) is 54.6 Å². The lowest BCUT2D eigenvalue weighted by atomic mass is 9.89. The molecule has 0 aliphatic carbocycles. The Kier molecular flexibility index (Phi) is 6.27. The fourth-order valence-electron chi connectivity index (χ4n) is 4.40. The zero-order chi connectivity index (χ0) is 22.8. The van der Waals surface area contributed by atoms with E-state index in [2.05, 4.69) is 0 Å². The molecule has 5 atom stereocenters. The molecule has 2 aromatic carbocycles. The van der Waals surface area contributed by atoms with E-state index in [-0.39, 0.29) is 0 Å². The maximum atomic E-state index is 13.0. The Morgan fingerprint density at radius 2 is 1.53 bits per heavy atom. The Hall–Kier alpha value is -3.20. The molecule has 2 fully saturated rings. The van der Waals surface area contributed by atoms with Gasteiger partial charge in [-0.25, -0.2) is 9.59 Å². The van der Waals surface area contributed by atoms with Gasteiger partial charge in [0.2, 0.25) is 0 Å². The predicted molar refractivity (Wildman–Crippen MR) is 116 cm³/mol. The Morgan fingerprint density at radius 3 is 2.12 bits per heavy atom. The van der Waals surface area contributed by atoms with Gasteiger partial charge in [0.15, 0.2) is 5.44 Å². The van der Waals surface area contributed by atoms with Gasteiger partial charge >= 0.3 is 17.9 Å². The first-order valence-electron chi connectivity index (χ1n) is 10.0. The van der Waals surface area contributed by atoms with Crippen LogP contribution in [0.1, 0.15) is 0 Å². The summed E-state index contributed by atoms with van der Waals surface area (Å²) in [5.74, 6) is -2.59. The van der Waals surface area contributed by atoms with E-state index in [0.29, 0.717) is 11.4 Å². The number of fused-ring (bicyclic) bond motifs is 1. The van der Waals surface area contributed by atoms with E-state index in [0.717, 1.165) is 4.90 Å². The molecule has 9 heteroatoms. The molecule has 2 saturated heterocycles. The molecule has 0 radical (unpaired) electrons. The minimum atomic E-state index is -1.03. The fraction of sp³-hybridized carbons (Fsp3) is 0.348. The van der Waals surface area contributed by atoms with E-state index < -0.39 is 47.3 Å². The maximum Gasteiger partial charge on any atom is 0.329 e. The number of ether oxygens (including phenoxy) is 4. The van der Waals surface area contributed by atoms with E-state index in [1.807, 2.05) is 30.3 Å². The Labute approximate surface area is 189 Å². The zero-order valence-electron chi connectivity index (χ0n) is 17.8. The summed E-state index contributed by atoms with van der Waals surface area (Å²) >= 11 is 1.34. The number of rotatable bonds is 6. The van der Waals surface area contributed by atoms with Crippen molar-refractivity contribution in [1.29, 1.82) is 0 Å². The van der Waals surface area contributed by atoms with E-state index >= 15 is 0 Å². The number of benzene rings is 2. The minimum absolute atomic E-state index is 0.538. The number of hydrogen-bond donors (Lipinski definition) is 0. The van der Waals surface area contributed by atoms with Gasteiger partial charge in [0.1, 0.15) is 17.8 Å². The van der Waals surface area contributed by atoms with E-state index in [1.54, 1.807) is 36.3 Å². The van der Waals surface area contributed by atoms with Crippen molar-refractivity contribution < 1.29 is 33.3 Å². The van der Waals surface area contributed by atoms with Crippen molar-refractivity contribution in [2.75, 3.05) is 26.2 Å². The number of esters is 3. The largest absolute Gasteiger partial charge is 0.497 e. The summed E-state index contributed by atoms with van der Waals surface area (Å²) in [4.78, 5) is 41.4. The molecule has 0 aromatic heterocycles. The van der Waals surface area contributed by atoms with Gasteiger partial charge in [-0.3, -0.25) is 4.79 Å². The van der Waals surface area contributed by atoms with Crippen LogP contribution in [0.4, 0.5) is 5.69 Å². The molecule has 0 N–H and O–H groups in total. The lowest BCUT2D eigenvalue weighted by Gasteiger charge is -2.32. The number of hydrogen-bond acceptors (Lipinski definition) is 9. The van der Waals surface area contributed by atoms with Gasteiger partial charge in [-0.1, -0.05) is 30.0 Å².